The molecule has 1 N–H and O–H groups in total. The number of benzene rings is 4. The van der Waals surface area contributed by atoms with Crippen LogP contribution in [0.25, 0.3) is 0 Å². The number of amides is 2. The molecule has 2 amide bonds. The highest BCUT2D eigenvalue weighted by atomic mass is 35.5. The minimum Gasteiger partial charge on any atom is -0.357 e. The van der Waals surface area contributed by atoms with Crippen molar-refractivity contribution in [2.24, 2.45) is 0 Å². The summed E-state index contributed by atoms with van der Waals surface area (Å²) in [6.07, 6.45) is 0.110. The molecule has 0 aliphatic carbocycles. The zero-order valence-corrected chi connectivity index (χ0v) is 24.9. The Labute approximate surface area is 254 Å². The van der Waals surface area contributed by atoms with Crippen molar-refractivity contribution in [2.75, 3.05) is 17.9 Å². The highest BCUT2D eigenvalue weighted by Gasteiger charge is 2.34. The van der Waals surface area contributed by atoms with Crippen molar-refractivity contribution >= 4 is 50.7 Å². The Balaban J connectivity index is 1.81. The molecule has 4 rings (SSSR count). The fourth-order valence-corrected chi connectivity index (χ4v) is 6.14. The van der Waals surface area contributed by atoms with Crippen LogP contribution in [0.1, 0.15) is 11.1 Å². The number of carbonyl (C=O) groups excluding carboxylic acids is 2. The summed E-state index contributed by atoms with van der Waals surface area (Å²) in [6.45, 7) is -0.983. The smallest absolute Gasteiger partial charge is 0.264 e. The van der Waals surface area contributed by atoms with Crippen molar-refractivity contribution in [3.63, 3.8) is 0 Å². The SMILES string of the molecule is CNC(=O)[C@H](Cc1ccccc1)N(Cc1ccccc1F)C(=O)CN(c1ccc(Cl)c(Cl)c1)S(=O)(=O)c1ccccc1. The van der Waals surface area contributed by atoms with E-state index in [4.69, 9.17) is 23.2 Å². The molecule has 0 aromatic heterocycles. The van der Waals surface area contributed by atoms with Crippen molar-refractivity contribution in [1.82, 2.24) is 10.2 Å². The number of hydrogen-bond acceptors (Lipinski definition) is 4. The van der Waals surface area contributed by atoms with E-state index < -0.39 is 40.2 Å². The van der Waals surface area contributed by atoms with Crippen LogP contribution in [0.4, 0.5) is 10.1 Å². The summed E-state index contributed by atoms with van der Waals surface area (Å²) < 4.78 is 43.5. The molecule has 42 heavy (non-hydrogen) atoms. The zero-order valence-electron chi connectivity index (χ0n) is 22.6. The Kier molecular flexibility index (Phi) is 10.2. The summed E-state index contributed by atoms with van der Waals surface area (Å²) in [7, 11) is -2.86. The van der Waals surface area contributed by atoms with Crippen LogP contribution in [-0.4, -0.2) is 44.8 Å². The van der Waals surface area contributed by atoms with Gasteiger partial charge in [0.25, 0.3) is 10.0 Å². The van der Waals surface area contributed by atoms with Crippen LogP contribution >= 0.6 is 23.2 Å². The molecule has 4 aromatic carbocycles. The third-order valence-corrected chi connectivity index (χ3v) is 9.14. The van der Waals surface area contributed by atoms with Gasteiger partial charge in [-0.15, -0.1) is 0 Å². The van der Waals surface area contributed by atoms with E-state index in [0.29, 0.717) is 0 Å². The Hall–Kier alpha value is -3.92. The Morgan fingerprint density at radius 3 is 2.10 bits per heavy atom. The number of hydrogen-bond donors (Lipinski definition) is 1. The lowest BCUT2D eigenvalue weighted by atomic mass is 10.0. The van der Waals surface area contributed by atoms with Gasteiger partial charge in [0.2, 0.25) is 11.8 Å². The molecule has 11 heteroatoms. The summed E-state index contributed by atoms with van der Waals surface area (Å²) >= 11 is 12.3. The summed E-state index contributed by atoms with van der Waals surface area (Å²) in [5.74, 6) is -1.78. The second-order valence-corrected chi connectivity index (χ2v) is 12.0. The number of anilines is 1. The number of carbonyl (C=O) groups is 2. The highest BCUT2D eigenvalue weighted by Crippen LogP contribution is 2.31. The van der Waals surface area contributed by atoms with Crippen molar-refractivity contribution in [3.8, 4) is 0 Å². The normalized spacial score (nSPS) is 11.9. The van der Waals surface area contributed by atoms with Gasteiger partial charge in [-0.1, -0.05) is 89.9 Å². The average molecular weight is 629 g/mol. The van der Waals surface area contributed by atoms with Crippen LogP contribution in [0.5, 0.6) is 0 Å². The Bertz CT molecular complexity index is 1660. The van der Waals surface area contributed by atoms with E-state index in [-0.39, 0.29) is 39.2 Å². The zero-order chi connectivity index (χ0) is 30.3. The van der Waals surface area contributed by atoms with Crippen molar-refractivity contribution in [1.29, 1.82) is 0 Å². The lowest BCUT2D eigenvalue weighted by Crippen LogP contribution is -2.53. The molecule has 0 unspecified atom stereocenters. The molecule has 0 spiro atoms. The third-order valence-electron chi connectivity index (χ3n) is 6.62. The first-order valence-electron chi connectivity index (χ1n) is 12.9. The molecule has 7 nitrogen and oxygen atoms in total. The van der Waals surface area contributed by atoms with Crippen LogP contribution in [0.15, 0.2) is 108 Å². The number of sulfonamides is 1. The summed E-state index contributed by atoms with van der Waals surface area (Å²) in [5.41, 5.74) is 1.02. The number of halogens is 3. The van der Waals surface area contributed by atoms with E-state index in [1.165, 1.54) is 60.5 Å². The predicted octanol–water partition coefficient (Wildman–Crippen LogP) is 5.71. The molecule has 1 atom stereocenters. The minimum atomic E-state index is -4.29. The molecule has 0 heterocycles. The number of nitrogens with one attached hydrogen (secondary N) is 1. The Morgan fingerprint density at radius 2 is 1.48 bits per heavy atom. The van der Waals surface area contributed by atoms with Gasteiger partial charge >= 0.3 is 0 Å². The van der Waals surface area contributed by atoms with Crippen LogP contribution in [-0.2, 0) is 32.6 Å². The van der Waals surface area contributed by atoms with E-state index in [9.17, 15) is 22.4 Å². The molecular formula is C31H28Cl2FN3O4S. The summed E-state index contributed by atoms with van der Waals surface area (Å²) in [6, 6.07) is 25.7. The molecule has 4 aromatic rings. The Morgan fingerprint density at radius 1 is 0.857 bits per heavy atom. The minimum absolute atomic E-state index is 0.0586. The van der Waals surface area contributed by atoms with Crippen LogP contribution in [0, 0.1) is 5.82 Å². The molecule has 0 saturated carbocycles. The molecule has 0 aliphatic rings. The first kappa shape index (κ1) is 31.0. The van der Waals surface area contributed by atoms with E-state index >= 15 is 0 Å². The largest absolute Gasteiger partial charge is 0.357 e. The average Bonchev–Trinajstić information content (AvgIpc) is 3.00. The van der Waals surface area contributed by atoms with Crippen LogP contribution in [0.3, 0.4) is 0 Å². The molecule has 0 bridgehead atoms. The van der Waals surface area contributed by atoms with Crippen LogP contribution < -0.4 is 9.62 Å². The van der Waals surface area contributed by atoms with Crippen molar-refractivity contribution in [3.05, 3.63) is 130 Å². The fourth-order valence-electron chi connectivity index (χ4n) is 4.42. The van der Waals surface area contributed by atoms with Gasteiger partial charge in [0, 0.05) is 25.6 Å². The third kappa shape index (κ3) is 7.28. The quantitative estimate of drug-likeness (QED) is 0.231. The van der Waals surface area contributed by atoms with Gasteiger partial charge < -0.3 is 10.2 Å². The fraction of sp³-hybridized carbons (Fsp3) is 0.161. The maximum atomic E-state index is 14.8. The van der Waals surface area contributed by atoms with Crippen LogP contribution in [0.2, 0.25) is 10.0 Å². The standard InChI is InChI=1S/C31H28Cl2FN3O4S/c1-35-31(39)29(18-22-10-4-2-5-11-22)36(20-23-12-8-9-15-28(23)34)30(38)21-37(24-16-17-26(32)27(33)19-24)42(40,41)25-13-6-3-7-14-25/h2-17,19,29H,18,20-21H2,1H3,(H,35,39)/t29-/m0/s1. The monoisotopic (exact) mass is 627 g/mol. The first-order chi connectivity index (χ1) is 20.1. The second-order valence-electron chi connectivity index (χ2n) is 9.36. The molecule has 0 aliphatic heterocycles. The number of rotatable bonds is 11. The number of nitrogens with zero attached hydrogens (tertiary/aromatic N) is 2. The van der Waals surface area contributed by atoms with Gasteiger partial charge in [-0.25, -0.2) is 12.8 Å². The van der Waals surface area contributed by atoms with E-state index in [2.05, 4.69) is 5.32 Å². The van der Waals surface area contributed by atoms with Gasteiger partial charge in [0.15, 0.2) is 0 Å². The lowest BCUT2D eigenvalue weighted by Gasteiger charge is -2.33. The van der Waals surface area contributed by atoms with Crippen molar-refractivity contribution < 1.29 is 22.4 Å². The lowest BCUT2D eigenvalue weighted by molar-refractivity contribution is -0.139. The maximum Gasteiger partial charge on any atom is 0.264 e. The van der Waals surface area contributed by atoms with Gasteiger partial charge in [0.1, 0.15) is 18.4 Å². The van der Waals surface area contributed by atoms with Gasteiger partial charge in [-0.05, 0) is 42.0 Å². The predicted molar refractivity (Wildman–Crippen MR) is 162 cm³/mol. The summed E-state index contributed by atoms with van der Waals surface area (Å²) in [5, 5.41) is 2.88. The highest BCUT2D eigenvalue weighted by molar-refractivity contribution is 7.92. The van der Waals surface area contributed by atoms with E-state index in [1.54, 1.807) is 36.4 Å². The topological polar surface area (TPSA) is 86.8 Å². The molecule has 0 fully saturated rings. The molecule has 0 radical (unpaired) electrons. The van der Waals surface area contributed by atoms with Gasteiger partial charge in [0.05, 0.1) is 20.6 Å². The maximum absolute atomic E-state index is 14.8. The molecular weight excluding hydrogens is 600 g/mol. The second kappa shape index (κ2) is 13.8. The summed E-state index contributed by atoms with van der Waals surface area (Å²) in [4.78, 5) is 28.6. The molecule has 0 saturated heterocycles. The van der Waals surface area contributed by atoms with E-state index in [1.807, 2.05) is 18.2 Å². The number of likely N-dealkylation sites (N-methyl/N-ethyl adjacent to an activating group) is 1. The van der Waals surface area contributed by atoms with Gasteiger partial charge in [-0.2, -0.15) is 0 Å². The van der Waals surface area contributed by atoms with Crippen molar-refractivity contribution in [2.45, 2.75) is 23.9 Å². The molecule has 218 valence electrons. The first-order valence-corrected chi connectivity index (χ1v) is 15.1. The van der Waals surface area contributed by atoms with E-state index in [0.717, 1.165) is 9.87 Å². The van der Waals surface area contributed by atoms with Gasteiger partial charge in [-0.3, -0.25) is 13.9 Å².